The van der Waals surface area contributed by atoms with Crippen LogP contribution in [0.1, 0.15) is 18.1 Å². The van der Waals surface area contributed by atoms with Gasteiger partial charge in [-0.2, -0.15) is 0 Å². The lowest BCUT2D eigenvalue weighted by atomic mass is 10.0. The maximum absolute atomic E-state index is 13.9. The molecular weight excluding hydrogens is 211 g/mol. The minimum absolute atomic E-state index is 0.0955. The van der Waals surface area contributed by atoms with Crippen molar-refractivity contribution in [1.82, 2.24) is 0 Å². The van der Waals surface area contributed by atoms with E-state index in [0.717, 1.165) is 5.56 Å². The van der Waals surface area contributed by atoms with E-state index >= 15 is 0 Å². The van der Waals surface area contributed by atoms with Crippen LogP contribution in [0.5, 0.6) is 11.5 Å². The fourth-order valence-electron chi connectivity index (χ4n) is 1.72. The Morgan fingerprint density at radius 3 is 2.31 bits per heavy atom. The van der Waals surface area contributed by atoms with Crippen LogP contribution < -0.4 is 9.47 Å². The molecule has 0 bridgehead atoms. The van der Waals surface area contributed by atoms with E-state index < -0.39 is 11.9 Å². The minimum atomic E-state index is -0.591. The zero-order valence-corrected chi connectivity index (χ0v) is 10.0. The van der Waals surface area contributed by atoms with Crippen LogP contribution in [0.2, 0.25) is 0 Å². The molecule has 0 heterocycles. The molecule has 90 valence electrons. The molecule has 1 unspecified atom stereocenters. The molecule has 0 saturated heterocycles. The van der Waals surface area contributed by atoms with Crippen LogP contribution in [0.4, 0.5) is 4.39 Å². The number of aliphatic hydroxyl groups excluding tert-OH is 1. The van der Waals surface area contributed by atoms with Crippen molar-refractivity contribution in [3.63, 3.8) is 0 Å². The van der Waals surface area contributed by atoms with Crippen LogP contribution in [0.25, 0.3) is 0 Å². The van der Waals surface area contributed by atoms with Gasteiger partial charge in [0.15, 0.2) is 17.3 Å². The summed E-state index contributed by atoms with van der Waals surface area (Å²) in [5.74, 6) is 0.0262. The second-order valence-corrected chi connectivity index (χ2v) is 3.79. The van der Waals surface area contributed by atoms with E-state index in [1.54, 1.807) is 13.0 Å². The van der Waals surface area contributed by atoms with Crippen LogP contribution in [0.15, 0.2) is 6.07 Å². The summed E-state index contributed by atoms with van der Waals surface area (Å²) in [6.07, 6.45) is -0.334. The van der Waals surface area contributed by atoms with Crippen LogP contribution in [-0.4, -0.2) is 25.4 Å². The fourth-order valence-corrected chi connectivity index (χ4v) is 1.72. The van der Waals surface area contributed by atoms with E-state index in [1.807, 2.05) is 6.92 Å². The smallest absolute Gasteiger partial charge is 0.197 e. The molecule has 1 aromatic rings. The molecule has 0 aliphatic heterocycles. The third-order valence-corrected chi connectivity index (χ3v) is 2.36. The number of aliphatic hydroxyl groups is 1. The summed E-state index contributed by atoms with van der Waals surface area (Å²) < 4.78 is 24.0. The lowest BCUT2D eigenvalue weighted by Gasteiger charge is -2.15. The monoisotopic (exact) mass is 228 g/mol. The Bertz CT molecular complexity index is 375. The van der Waals surface area contributed by atoms with Gasteiger partial charge in [-0.3, -0.25) is 0 Å². The zero-order chi connectivity index (χ0) is 12.3. The van der Waals surface area contributed by atoms with Gasteiger partial charge in [-0.25, -0.2) is 4.39 Å². The molecule has 0 amide bonds. The molecular formula is C12H17FO3. The van der Waals surface area contributed by atoms with E-state index in [2.05, 4.69) is 0 Å². The second kappa shape index (κ2) is 5.16. The van der Waals surface area contributed by atoms with Gasteiger partial charge in [0.05, 0.1) is 20.3 Å². The molecule has 0 radical (unpaired) electrons. The summed E-state index contributed by atoms with van der Waals surface area (Å²) in [5, 5.41) is 9.27. The van der Waals surface area contributed by atoms with Gasteiger partial charge in [0, 0.05) is 6.42 Å². The predicted octanol–water partition coefficient (Wildman–Crippen LogP) is 2.07. The Morgan fingerprint density at radius 2 is 1.88 bits per heavy atom. The van der Waals surface area contributed by atoms with Crippen LogP contribution in [0.3, 0.4) is 0 Å². The van der Waals surface area contributed by atoms with Crippen molar-refractivity contribution in [2.45, 2.75) is 26.4 Å². The van der Waals surface area contributed by atoms with Crippen LogP contribution in [0, 0.1) is 12.7 Å². The molecule has 3 nitrogen and oxygen atoms in total. The van der Waals surface area contributed by atoms with Crippen molar-refractivity contribution in [3.8, 4) is 11.5 Å². The Balaban J connectivity index is 3.28. The Hall–Kier alpha value is -1.29. The molecule has 1 N–H and O–H groups in total. The van der Waals surface area contributed by atoms with Gasteiger partial charge in [0.1, 0.15) is 0 Å². The highest BCUT2D eigenvalue weighted by atomic mass is 19.1. The molecule has 1 aromatic carbocycles. The van der Waals surface area contributed by atoms with Gasteiger partial charge in [-0.1, -0.05) is 0 Å². The first-order valence-corrected chi connectivity index (χ1v) is 5.09. The van der Waals surface area contributed by atoms with Crippen molar-refractivity contribution in [2.24, 2.45) is 0 Å². The number of ether oxygens (including phenoxy) is 2. The summed E-state index contributed by atoms with van der Waals surface area (Å²) >= 11 is 0. The fraction of sp³-hybridized carbons (Fsp3) is 0.500. The molecule has 0 spiro atoms. The van der Waals surface area contributed by atoms with E-state index in [-0.39, 0.29) is 12.2 Å². The van der Waals surface area contributed by atoms with E-state index in [1.165, 1.54) is 14.2 Å². The highest BCUT2D eigenvalue weighted by molar-refractivity contribution is 5.50. The standard InChI is InChI=1S/C12H17FO3/c1-7-5-9(6-8(2)14)10(13)12(16-4)11(7)15-3/h5,8,14H,6H2,1-4H3. The summed E-state index contributed by atoms with van der Waals surface area (Å²) in [4.78, 5) is 0. The maximum Gasteiger partial charge on any atom is 0.197 e. The highest BCUT2D eigenvalue weighted by Gasteiger charge is 2.18. The molecule has 4 heteroatoms. The summed E-state index contributed by atoms with van der Waals surface area (Å²) in [6, 6.07) is 1.67. The summed E-state index contributed by atoms with van der Waals surface area (Å²) in [7, 11) is 2.87. The number of benzene rings is 1. The average molecular weight is 228 g/mol. The zero-order valence-electron chi connectivity index (χ0n) is 10.0. The Kier molecular flexibility index (Phi) is 4.12. The summed E-state index contributed by atoms with van der Waals surface area (Å²) in [6.45, 7) is 3.43. The maximum atomic E-state index is 13.9. The number of rotatable bonds is 4. The van der Waals surface area contributed by atoms with Gasteiger partial charge < -0.3 is 14.6 Å². The predicted molar refractivity (Wildman–Crippen MR) is 59.6 cm³/mol. The van der Waals surface area contributed by atoms with Crippen molar-refractivity contribution in [2.75, 3.05) is 14.2 Å². The van der Waals surface area contributed by atoms with Gasteiger partial charge in [-0.05, 0) is 31.0 Å². The number of hydrogen-bond acceptors (Lipinski definition) is 3. The van der Waals surface area contributed by atoms with Crippen molar-refractivity contribution < 1.29 is 19.0 Å². The van der Waals surface area contributed by atoms with Gasteiger partial charge >= 0.3 is 0 Å². The SMILES string of the molecule is COc1c(C)cc(CC(C)O)c(F)c1OC. The van der Waals surface area contributed by atoms with Crippen LogP contribution >= 0.6 is 0 Å². The minimum Gasteiger partial charge on any atom is -0.492 e. The van der Waals surface area contributed by atoms with Gasteiger partial charge in [0.25, 0.3) is 0 Å². The van der Waals surface area contributed by atoms with E-state index in [4.69, 9.17) is 9.47 Å². The first-order valence-electron chi connectivity index (χ1n) is 5.09. The molecule has 0 aromatic heterocycles. The van der Waals surface area contributed by atoms with Crippen molar-refractivity contribution in [1.29, 1.82) is 0 Å². The number of halogens is 1. The van der Waals surface area contributed by atoms with Gasteiger partial charge in [-0.15, -0.1) is 0 Å². The number of hydrogen-bond donors (Lipinski definition) is 1. The third-order valence-electron chi connectivity index (χ3n) is 2.36. The molecule has 0 saturated carbocycles. The molecule has 16 heavy (non-hydrogen) atoms. The molecule has 1 atom stereocenters. The molecule has 0 aliphatic rings. The normalized spacial score (nSPS) is 12.4. The first-order chi connectivity index (χ1) is 7.51. The first kappa shape index (κ1) is 12.8. The molecule has 0 fully saturated rings. The largest absolute Gasteiger partial charge is 0.492 e. The second-order valence-electron chi connectivity index (χ2n) is 3.79. The van der Waals surface area contributed by atoms with Crippen LogP contribution in [-0.2, 0) is 6.42 Å². The quantitative estimate of drug-likeness (QED) is 0.857. The Morgan fingerprint density at radius 1 is 1.31 bits per heavy atom. The lowest BCUT2D eigenvalue weighted by Crippen LogP contribution is -2.08. The summed E-state index contributed by atoms with van der Waals surface area (Å²) in [5.41, 5.74) is 1.22. The van der Waals surface area contributed by atoms with E-state index in [9.17, 15) is 9.50 Å². The van der Waals surface area contributed by atoms with Crippen molar-refractivity contribution in [3.05, 3.63) is 23.0 Å². The number of aryl methyl sites for hydroxylation is 1. The average Bonchev–Trinajstić information content (AvgIpc) is 2.21. The van der Waals surface area contributed by atoms with Crippen molar-refractivity contribution >= 4 is 0 Å². The highest BCUT2D eigenvalue weighted by Crippen LogP contribution is 2.35. The van der Waals surface area contributed by atoms with E-state index in [0.29, 0.717) is 11.3 Å². The Labute approximate surface area is 94.8 Å². The van der Waals surface area contributed by atoms with Gasteiger partial charge in [0.2, 0.25) is 0 Å². The lowest BCUT2D eigenvalue weighted by molar-refractivity contribution is 0.193. The topological polar surface area (TPSA) is 38.7 Å². The third kappa shape index (κ3) is 2.44. The molecule has 0 aliphatic carbocycles. The molecule has 1 rings (SSSR count). The number of methoxy groups -OCH3 is 2.